The highest BCUT2D eigenvalue weighted by Gasteiger charge is 2.25. The minimum absolute atomic E-state index is 0.191. The first-order chi connectivity index (χ1) is 15.8. The van der Waals surface area contributed by atoms with Crippen LogP contribution in [0.2, 0.25) is 0 Å². The van der Waals surface area contributed by atoms with E-state index in [1.807, 2.05) is 6.07 Å². The number of likely N-dealkylation sites (tertiary alicyclic amines) is 1. The van der Waals surface area contributed by atoms with Crippen LogP contribution >= 0.6 is 0 Å². The van der Waals surface area contributed by atoms with Crippen molar-refractivity contribution in [3.05, 3.63) is 65.6 Å². The van der Waals surface area contributed by atoms with E-state index in [1.165, 1.54) is 18.9 Å². The molecule has 10 nitrogen and oxygen atoms in total. The Balaban J connectivity index is 0.000000414. The van der Waals surface area contributed by atoms with E-state index in [4.69, 9.17) is 14.9 Å². The number of amides is 1. The monoisotopic (exact) mass is 456 g/mol. The van der Waals surface area contributed by atoms with Crippen molar-refractivity contribution in [2.45, 2.75) is 32.4 Å². The lowest BCUT2D eigenvalue weighted by molar-refractivity contribution is -0.134. The molecular weight excluding hydrogens is 428 g/mol. The molecule has 3 rings (SSSR count). The van der Waals surface area contributed by atoms with Crippen molar-refractivity contribution in [3.8, 4) is 5.88 Å². The summed E-state index contributed by atoms with van der Waals surface area (Å²) < 4.78 is 5.20. The van der Waals surface area contributed by atoms with E-state index >= 15 is 0 Å². The Labute approximate surface area is 191 Å². The molecule has 33 heavy (non-hydrogen) atoms. The Morgan fingerprint density at radius 1 is 1.18 bits per heavy atom. The average Bonchev–Trinajstić information content (AvgIpc) is 3.24. The zero-order valence-corrected chi connectivity index (χ0v) is 18.6. The average molecular weight is 456 g/mol. The number of nitrogens with one attached hydrogen (secondary N) is 1. The molecular formula is C23H28N4O6. The third-order valence-electron chi connectivity index (χ3n) is 4.91. The van der Waals surface area contributed by atoms with E-state index in [2.05, 4.69) is 44.5 Å². The van der Waals surface area contributed by atoms with Gasteiger partial charge in [-0.1, -0.05) is 30.3 Å². The highest BCUT2D eigenvalue weighted by molar-refractivity contribution is 5.96. The molecule has 1 aliphatic rings. The maximum atomic E-state index is 12.5. The number of methoxy groups -OCH3 is 1. The molecule has 1 fully saturated rings. The van der Waals surface area contributed by atoms with E-state index in [0.717, 1.165) is 25.9 Å². The van der Waals surface area contributed by atoms with Gasteiger partial charge in [0.25, 0.3) is 5.91 Å². The smallest absolute Gasteiger partial charge is 0.328 e. The second kappa shape index (κ2) is 12.9. The highest BCUT2D eigenvalue weighted by atomic mass is 16.5. The largest absolute Gasteiger partial charge is 0.480 e. The molecule has 1 aliphatic heterocycles. The van der Waals surface area contributed by atoms with Gasteiger partial charge in [-0.3, -0.25) is 9.69 Å². The first-order valence-electron chi connectivity index (χ1n) is 10.4. The summed E-state index contributed by atoms with van der Waals surface area (Å²) >= 11 is 0. The van der Waals surface area contributed by atoms with Gasteiger partial charge < -0.3 is 20.3 Å². The number of carbonyl (C=O) groups excluding carboxylic acids is 1. The predicted octanol–water partition coefficient (Wildman–Crippen LogP) is 1.90. The summed E-state index contributed by atoms with van der Waals surface area (Å²) in [6.45, 7) is 4.36. The summed E-state index contributed by atoms with van der Waals surface area (Å²) in [4.78, 5) is 42.3. The Hall–Kier alpha value is -3.79. The van der Waals surface area contributed by atoms with Crippen molar-refractivity contribution >= 4 is 17.8 Å². The highest BCUT2D eigenvalue weighted by Crippen LogP contribution is 2.20. The number of carbonyl (C=O) groups is 3. The number of ether oxygens (including phenoxy) is 1. The second-order valence-electron chi connectivity index (χ2n) is 7.31. The molecule has 1 unspecified atom stereocenters. The Kier molecular flexibility index (Phi) is 9.97. The van der Waals surface area contributed by atoms with Crippen LogP contribution in [0.1, 0.15) is 34.6 Å². The fraction of sp³-hybridized carbons (Fsp3) is 0.348. The normalized spacial score (nSPS) is 15.5. The van der Waals surface area contributed by atoms with Gasteiger partial charge in [0.1, 0.15) is 11.4 Å². The van der Waals surface area contributed by atoms with Crippen molar-refractivity contribution in [2.24, 2.45) is 0 Å². The van der Waals surface area contributed by atoms with Crippen LogP contribution in [0.3, 0.4) is 0 Å². The van der Waals surface area contributed by atoms with Crippen molar-refractivity contribution in [1.29, 1.82) is 0 Å². The number of carboxylic acids is 2. The maximum absolute atomic E-state index is 12.5. The van der Waals surface area contributed by atoms with Crippen LogP contribution in [0, 0.1) is 6.92 Å². The topological polar surface area (TPSA) is 142 Å². The fourth-order valence-corrected chi connectivity index (χ4v) is 3.36. The first-order valence-corrected chi connectivity index (χ1v) is 10.4. The molecule has 1 atom stereocenters. The summed E-state index contributed by atoms with van der Waals surface area (Å²) in [6.07, 6.45) is 4.89. The van der Waals surface area contributed by atoms with Crippen LogP contribution < -0.4 is 10.1 Å². The summed E-state index contributed by atoms with van der Waals surface area (Å²) in [7, 11) is 1.51. The van der Waals surface area contributed by atoms with Crippen LogP contribution in [-0.4, -0.2) is 69.2 Å². The summed E-state index contributed by atoms with van der Waals surface area (Å²) in [6, 6.07) is 10.8. The predicted molar refractivity (Wildman–Crippen MR) is 120 cm³/mol. The van der Waals surface area contributed by atoms with E-state index in [1.54, 1.807) is 6.92 Å². The Bertz CT molecular complexity index is 964. The van der Waals surface area contributed by atoms with Crippen molar-refractivity contribution in [2.75, 3.05) is 20.2 Å². The van der Waals surface area contributed by atoms with Crippen LogP contribution in [0.4, 0.5) is 0 Å². The van der Waals surface area contributed by atoms with Crippen molar-refractivity contribution < 1.29 is 29.3 Å². The molecule has 0 saturated carbocycles. The summed E-state index contributed by atoms with van der Waals surface area (Å²) in [5.74, 6) is -1.81. The van der Waals surface area contributed by atoms with Gasteiger partial charge in [0, 0.05) is 37.5 Å². The molecule has 2 heterocycles. The summed E-state index contributed by atoms with van der Waals surface area (Å²) in [5, 5.41) is 18.6. The standard InChI is InChI=1S/C19H24N4O2.C4H4O4/c1-14-20-12-17(19(22-14)25-2)18(24)21-11-16-9-6-10-23(16)13-15-7-4-3-5-8-15;5-3(6)1-2-4(7)8/h3-5,7-8,12,16H,6,9-11,13H2,1-2H3,(H,21,24);1-2H,(H,5,6)(H,7,8). The second-order valence-corrected chi connectivity index (χ2v) is 7.31. The van der Waals surface area contributed by atoms with Gasteiger partial charge in [-0.25, -0.2) is 14.6 Å². The first kappa shape index (κ1) is 25.5. The molecule has 2 aromatic rings. The van der Waals surface area contributed by atoms with Crippen LogP contribution in [0.5, 0.6) is 5.88 Å². The lowest BCUT2D eigenvalue weighted by Crippen LogP contribution is -2.40. The number of aryl methyl sites for hydroxylation is 1. The quantitative estimate of drug-likeness (QED) is 0.508. The molecule has 0 radical (unpaired) electrons. The molecule has 0 bridgehead atoms. The Morgan fingerprint density at radius 2 is 1.85 bits per heavy atom. The number of aromatic nitrogens is 2. The van der Waals surface area contributed by atoms with Crippen LogP contribution in [-0.2, 0) is 16.1 Å². The van der Waals surface area contributed by atoms with E-state index in [0.29, 0.717) is 42.0 Å². The van der Waals surface area contributed by atoms with Gasteiger partial charge in [0.15, 0.2) is 0 Å². The molecule has 0 spiro atoms. The molecule has 1 saturated heterocycles. The van der Waals surface area contributed by atoms with Crippen molar-refractivity contribution in [3.63, 3.8) is 0 Å². The van der Waals surface area contributed by atoms with E-state index in [-0.39, 0.29) is 5.91 Å². The summed E-state index contributed by atoms with van der Waals surface area (Å²) in [5.41, 5.74) is 1.68. The van der Waals surface area contributed by atoms with Crippen molar-refractivity contribution in [1.82, 2.24) is 20.2 Å². The number of hydrogen-bond acceptors (Lipinski definition) is 7. The van der Waals surface area contributed by atoms with Gasteiger partial charge in [-0.05, 0) is 31.9 Å². The minimum atomic E-state index is -1.26. The molecule has 1 aromatic heterocycles. The molecule has 0 aliphatic carbocycles. The minimum Gasteiger partial charge on any atom is -0.480 e. The third kappa shape index (κ3) is 8.69. The number of carboxylic acid groups (broad SMARTS) is 2. The molecule has 1 aromatic carbocycles. The molecule has 1 amide bonds. The van der Waals surface area contributed by atoms with Gasteiger partial charge in [-0.2, -0.15) is 4.98 Å². The molecule has 3 N–H and O–H groups in total. The fourth-order valence-electron chi connectivity index (χ4n) is 3.36. The number of hydrogen-bond donors (Lipinski definition) is 3. The third-order valence-corrected chi connectivity index (χ3v) is 4.91. The van der Waals surface area contributed by atoms with Gasteiger partial charge >= 0.3 is 11.9 Å². The SMILES string of the molecule is COc1nc(C)ncc1C(=O)NCC1CCCN1Cc1ccccc1.O=C(O)C=CC(=O)O. The van der Waals surface area contributed by atoms with Gasteiger partial charge in [0.2, 0.25) is 5.88 Å². The zero-order chi connectivity index (χ0) is 24.2. The number of aliphatic carboxylic acids is 2. The van der Waals surface area contributed by atoms with Gasteiger partial charge in [0.05, 0.1) is 7.11 Å². The van der Waals surface area contributed by atoms with E-state index in [9.17, 15) is 14.4 Å². The zero-order valence-electron chi connectivity index (χ0n) is 18.6. The van der Waals surface area contributed by atoms with Crippen LogP contribution in [0.15, 0.2) is 48.7 Å². The molecule has 176 valence electrons. The lowest BCUT2D eigenvalue weighted by atomic mass is 10.1. The van der Waals surface area contributed by atoms with Gasteiger partial charge in [-0.15, -0.1) is 0 Å². The lowest BCUT2D eigenvalue weighted by Gasteiger charge is -2.24. The Morgan fingerprint density at radius 3 is 2.45 bits per heavy atom. The maximum Gasteiger partial charge on any atom is 0.328 e. The number of nitrogens with zero attached hydrogens (tertiary/aromatic N) is 3. The molecule has 10 heteroatoms. The number of benzene rings is 1. The number of rotatable bonds is 8. The van der Waals surface area contributed by atoms with Crippen LogP contribution in [0.25, 0.3) is 0 Å². The van der Waals surface area contributed by atoms with E-state index < -0.39 is 11.9 Å².